The first kappa shape index (κ1) is 15.2. The number of ether oxygens (including phenoxy) is 2. The maximum atomic E-state index is 5.95. The van der Waals surface area contributed by atoms with Gasteiger partial charge < -0.3 is 19.7 Å². The molecule has 0 spiro atoms. The fourth-order valence-electron chi connectivity index (χ4n) is 2.08. The molecule has 112 valence electrons. The summed E-state index contributed by atoms with van der Waals surface area (Å²) in [5.74, 6) is 1.09. The second-order valence-electron chi connectivity index (χ2n) is 4.62. The first-order valence-electron chi connectivity index (χ1n) is 6.65. The Bertz CT molecular complexity index is 428. The molecule has 1 fully saturated rings. The number of anilines is 2. The highest BCUT2D eigenvalue weighted by Gasteiger charge is 2.17. The smallest absolute Gasteiger partial charge is 0.231 e. The van der Waals surface area contributed by atoms with Crippen LogP contribution in [-0.4, -0.2) is 61.5 Å². The number of halogens is 1. The minimum atomic E-state index is -0.0641. The number of nitrogens with zero attached hydrogens (tertiary/aromatic N) is 4. The molecule has 0 saturated carbocycles. The fraction of sp³-hybridized carbons (Fsp3) is 0.750. The lowest BCUT2D eigenvalue weighted by Crippen LogP contribution is -2.28. The maximum Gasteiger partial charge on any atom is 0.231 e. The van der Waals surface area contributed by atoms with Gasteiger partial charge in [-0.25, -0.2) is 0 Å². The molecular formula is C12H20ClN5O2. The number of hydrogen-bond acceptors (Lipinski definition) is 7. The van der Waals surface area contributed by atoms with Crippen molar-refractivity contribution in [2.45, 2.75) is 18.9 Å². The number of rotatable bonds is 7. The van der Waals surface area contributed by atoms with E-state index in [-0.39, 0.29) is 11.4 Å². The maximum absolute atomic E-state index is 5.95. The van der Waals surface area contributed by atoms with Gasteiger partial charge in [0.15, 0.2) is 0 Å². The zero-order chi connectivity index (χ0) is 14.4. The Labute approximate surface area is 123 Å². The van der Waals surface area contributed by atoms with Crippen molar-refractivity contribution < 1.29 is 9.47 Å². The van der Waals surface area contributed by atoms with Crippen LogP contribution in [0.25, 0.3) is 0 Å². The van der Waals surface area contributed by atoms with Crippen molar-refractivity contribution in [1.29, 1.82) is 0 Å². The summed E-state index contributed by atoms with van der Waals surface area (Å²) in [5, 5.41) is 3.31. The molecule has 1 N–H and O–H groups in total. The van der Waals surface area contributed by atoms with Gasteiger partial charge in [-0.1, -0.05) is 0 Å². The molecule has 1 atom stereocenters. The molecule has 7 nitrogen and oxygen atoms in total. The largest absolute Gasteiger partial charge is 0.382 e. The van der Waals surface area contributed by atoms with E-state index in [0.29, 0.717) is 25.0 Å². The first-order valence-corrected chi connectivity index (χ1v) is 7.03. The summed E-state index contributed by atoms with van der Waals surface area (Å²) in [6.45, 7) is 2.97. The zero-order valence-corrected chi connectivity index (χ0v) is 12.6. The van der Waals surface area contributed by atoms with E-state index in [1.165, 1.54) is 0 Å². The van der Waals surface area contributed by atoms with Crippen LogP contribution in [0.1, 0.15) is 12.8 Å². The van der Waals surface area contributed by atoms with Gasteiger partial charge in [0.05, 0.1) is 12.7 Å². The Morgan fingerprint density at radius 3 is 2.65 bits per heavy atom. The highest BCUT2D eigenvalue weighted by molar-refractivity contribution is 6.28. The molecule has 1 unspecified atom stereocenters. The minimum absolute atomic E-state index is 0.0641. The van der Waals surface area contributed by atoms with E-state index >= 15 is 0 Å². The number of hydrogen-bond donors (Lipinski definition) is 1. The quantitative estimate of drug-likeness (QED) is 0.811. The molecule has 1 aromatic heterocycles. The molecule has 0 bridgehead atoms. The summed E-state index contributed by atoms with van der Waals surface area (Å²) in [4.78, 5) is 14.8. The van der Waals surface area contributed by atoms with Crippen LogP contribution in [0, 0.1) is 0 Å². The second kappa shape index (κ2) is 7.56. The van der Waals surface area contributed by atoms with E-state index in [0.717, 1.165) is 25.9 Å². The molecule has 2 heterocycles. The van der Waals surface area contributed by atoms with Crippen molar-refractivity contribution in [3.05, 3.63) is 5.28 Å². The summed E-state index contributed by atoms with van der Waals surface area (Å²) in [6.07, 6.45) is 2.25. The third kappa shape index (κ3) is 4.16. The van der Waals surface area contributed by atoms with Gasteiger partial charge in [-0.15, -0.1) is 0 Å². The predicted octanol–water partition coefficient (Wildman–Crippen LogP) is 1.20. The van der Waals surface area contributed by atoms with Crippen LogP contribution in [0.4, 0.5) is 11.9 Å². The van der Waals surface area contributed by atoms with Crippen LogP contribution < -0.4 is 10.2 Å². The molecule has 1 aliphatic heterocycles. The van der Waals surface area contributed by atoms with Crippen molar-refractivity contribution in [1.82, 2.24) is 15.0 Å². The van der Waals surface area contributed by atoms with E-state index in [2.05, 4.69) is 25.2 Å². The molecule has 0 aliphatic carbocycles. The summed E-state index contributed by atoms with van der Waals surface area (Å²) < 4.78 is 10.3. The molecule has 20 heavy (non-hydrogen) atoms. The normalized spacial score (nSPS) is 16.4. The van der Waals surface area contributed by atoms with E-state index in [9.17, 15) is 0 Å². The van der Waals surface area contributed by atoms with E-state index in [4.69, 9.17) is 21.1 Å². The van der Waals surface area contributed by atoms with E-state index < -0.39 is 0 Å². The third-order valence-electron chi connectivity index (χ3n) is 3.16. The Morgan fingerprint density at radius 1 is 1.25 bits per heavy atom. The average Bonchev–Trinajstić information content (AvgIpc) is 2.97. The lowest BCUT2D eigenvalue weighted by atomic mass is 10.4. The van der Waals surface area contributed by atoms with Crippen LogP contribution >= 0.6 is 11.6 Å². The topological polar surface area (TPSA) is 72.4 Å². The van der Waals surface area contributed by atoms with Gasteiger partial charge in [0.25, 0.3) is 0 Å². The highest BCUT2D eigenvalue weighted by atomic mass is 35.5. The third-order valence-corrected chi connectivity index (χ3v) is 3.33. The summed E-state index contributed by atoms with van der Waals surface area (Å²) >= 11 is 5.95. The summed E-state index contributed by atoms with van der Waals surface area (Å²) in [7, 11) is 3.28. The van der Waals surface area contributed by atoms with Crippen LogP contribution in [-0.2, 0) is 9.47 Å². The van der Waals surface area contributed by atoms with Crippen molar-refractivity contribution in [3.63, 3.8) is 0 Å². The second-order valence-corrected chi connectivity index (χ2v) is 4.95. The first-order chi connectivity index (χ1) is 9.72. The van der Waals surface area contributed by atoms with Crippen molar-refractivity contribution in [2.75, 3.05) is 50.7 Å². The molecule has 0 amide bonds. The predicted molar refractivity (Wildman–Crippen MR) is 77.4 cm³/mol. The van der Waals surface area contributed by atoms with Crippen LogP contribution in [0.2, 0.25) is 5.28 Å². The standard InChI is InChI=1S/C12H20ClN5O2/c1-19-8-9(20-2)7-14-11-15-10(13)16-12(17-11)18-5-3-4-6-18/h9H,3-8H2,1-2H3,(H,14,15,16,17). The Kier molecular flexibility index (Phi) is 5.75. The Morgan fingerprint density at radius 2 is 2.00 bits per heavy atom. The van der Waals surface area contributed by atoms with Crippen LogP contribution in [0.5, 0.6) is 0 Å². The lowest BCUT2D eigenvalue weighted by molar-refractivity contribution is 0.0365. The van der Waals surface area contributed by atoms with Crippen molar-refractivity contribution >= 4 is 23.5 Å². The van der Waals surface area contributed by atoms with Gasteiger partial charge in [-0.2, -0.15) is 15.0 Å². The average molecular weight is 302 g/mol. The molecule has 8 heteroatoms. The van der Waals surface area contributed by atoms with Gasteiger partial charge in [-0.05, 0) is 24.4 Å². The summed E-state index contributed by atoms with van der Waals surface area (Å²) in [6, 6.07) is 0. The molecule has 0 radical (unpaired) electrons. The Balaban J connectivity index is 2.00. The SMILES string of the molecule is COCC(CNc1nc(Cl)nc(N2CCCC2)n1)OC. The van der Waals surface area contributed by atoms with Gasteiger partial charge in [0.2, 0.25) is 17.2 Å². The number of methoxy groups -OCH3 is 2. The van der Waals surface area contributed by atoms with Crippen LogP contribution in [0.15, 0.2) is 0 Å². The summed E-state index contributed by atoms with van der Waals surface area (Å²) in [5.41, 5.74) is 0. The van der Waals surface area contributed by atoms with Gasteiger partial charge >= 0.3 is 0 Å². The fourth-order valence-corrected chi connectivity index (χ4v) is 2.23. The molecule has 1 aliphatic rings. The monoisotopic (exact) mass is 301 g/mol. The van der Waals surface area contributed by atoms with Crippen LogP contribution in [0.3, 0.4) is 0 Å². The highest BCUT2D eigenvalue weighted by Crippen LogP contribution is 2.18. The zero-order valence-electron chi connectivity index (χ0n) is 11.8. The van der Waals surface area contributed by atoms with Crippen molar-refractivity contribution in [2.24, 2.45) is 0 Å². The number of aromatic nitrogens is 3. The molecule has 1 saturated heterocycles. The van der Waals surface area contributed by atoms with Crippen molar-refractivity contribution in [3.8, 4) is 0 Å². The van der Waals surface area contributed by atoms with Gasteiger partial charge in [0.1, 0.15) is 0 Å². The van der Waals surface area contributed by atoms with Gasteiger partial charge in [0, 0.05) is 33.9 Å². The van der Waals surface area contributed by atoms with E-state index in [1.54, 1.807) is 14.2 Å². The Hall–Kier alpha value is -1.18. The minimum Gasteiger partial charge on any atom is -0.382 e. The lowest BCUT2D eigenvalue weighted by Gasteiger charge is -2.17. The molecule has 2 rings (SSSR count). The molecular weight excluding hydrogens is 282 g/mol. The number of nitrogens with one attached hydrogen (secondary N) is 1. The molecule has 1 aromatic rings. The molecule has 0 aromatic carbocycles. The van der Waals surface area contributed by atoms with E-state index in [1.807, 2.05) is 0 Å². The van der Waals surface area contributed by atoms with Gasteiger partial charge in [-0.3, -0.25) is 0 Å².